The lowest BCUT2D eigenvalue weighted by Gasteiger charge is -2.42. The van der Waals surface area contributed by atoms with Crippen LogP contribution in [0.3, 0.4) is 0 Å². The average Bonchev–Trinajstić information content (AvgIpc) is 2.50. The molecule has 0 bridgehead atoms. The standard InChI is InChI=1S/C11H13F13O2Si/c1-25-27(3,26-2)11(23,24)10(21,22)9(19,20)8(17,18)6(12,13)4-5-7(14,15)16/h4-5H2,1-3H3. The Morgan fingerprint density at radius 3 is 1.26 bits per heavy atom. The maximum atomic E-state index is 13.9. The minimum absolute atomic E-state index is 0.0664. The minimum atomic E-state index is -7.47. The van der Waals surface area contributed by atoms with Crippen molar-refractivity contribution in [3.8, 4) is 0 Å². The number of rotatable bonds is 9. The molecule has 0 aliphatic carbocycles. The lowest BCUT2D eigenvalue weighted by Crippen LogP contribution is -2.74. The van der Waals surface area contributed by atoms with Gasteiger partial charge in [-0.15, -0.1) is 0 Å². The van der Waals surface area contributed by atoms with Gasteiger partial charge in [-0.2, -0.15) is 57.1 Å². The van der Waals surface area contributed by atoms with Gasteiger partial charge in [0.2, 0.25) is 0 Å². The highest BCUT2D eigenvalue weighted by atomic mass is 28.4. The first kappa shape index (κ1) is 26.2. The maximum Gasteiger partial charge on any atom is 0.418 e. The third-order valence-electron chi connectivity index (χ3n) is 3.71. The molecule has 0 saturated carbocycles. The molecule has 0 saturated heterocycles. The molecular weight excluding hydrogens is 439 g/mol. The summed E-state index contributed by atoms with van der Waals surface area (Å²) in [5.41, 5.74) is -6.18. The van der Waals surface area contributed by atoms with E-state index in [-0.39, 0.29) is 6.55 Å². The zero-order chi connectivity index (χ0) is 22.3. The van der Waals surface area contributed by atoms with Gasteiger partial charge >= 0.3 is 44.0 Å². The van der Waals surface area contributed by atoms with Crippen molar-refractivity contribution < 1.29 is 65.9 Å². The highest BCUT2D eigenvalue weighted by Crippen LogP contribution is 2.59. The topological polar surface area (TPSA) is 18.5 Å². The van der Waals surface area contributed by atoms with Crippen molar-refractivity contribution in [2.45, 2.75) is 54.8 Å². The SMILES string of the molecule is CO[Si](C)(OC)C(F)(F)C(F)(F)C(F)(F)C(F)(F)C(F)(F)CCC(F)(F)F. The summed E-state index contributed by atoms with van der Waals surface area (Å²) >= 11 is 0. The summed E-state index contributed by atoms with van der Waals surface area (Å²) in [5.74, 6) is -28.3. The van der Waals surface area contributed by atoms with Crippen molar-refractivity contribution >= 4 is 8.56 Å². The van der Waals surface area contributed by atoms with E-state index in [9.17, 15) is 57.1 Å². The Hall–Kier alpha value is -0.773. The Kier molecular flexibility index (Phi) is 7.03. The monoisotopic (exact) mass is 452 g/mol. The molecular formula is C11H13F13O2Si. The van der Waals surface area contributed by atoms with E-state index in [4.69, 9.17) is 0 Å². The molecule has 0 amide bonds. The third kappa shape index (κ3) is 4.16. The van der Waals surface area contributed by atoms with Gasteiger partial charge in [0.15, 0.2) is 0 Å². The van der Waals surface area contributed by atoms with Crippen molar-refractivity contribution in [1.29, 1.82) is 0 Å². The smallest absolute Gasteiger partial charge is 0.394 e. The van der Waals surface area contributed by atoms with E-state index >= 15 is 0 Å². The summed E-state index contributed by atoms with van der Waals surface area (Å²) in [6.07, 6.45) is -11.3. The van der Waals surface area contributed by atoms with Gasteiger partial charge in [0, 0.05) is 27.1 Å². The average molecular weight is 452 g/mol. The number of hydrogen-bond donors (Lipinski definition) is 0. The molecule has 0 aliphatic rings. The molecule has 0 spiro atoms. The third-order valence-corrected chi connectivity index (χ3v) is 6.73. The van der Waals surface area contributed by atoms with Gasteiger partial charge in [-0.1, -0.05) is 0 Å². The number of hydrogen-bond acceptors (Lipinski definition) is 2. The molecule has 0 N–H and O–H groups in total. The Bertz CT molecular complexity index is 513. The van der Waals surface area contributed by atoms with Crippen molar-refractivity contribution in [3.63, 3.8) is 0 Å². The molecule has 0 atom stereocenters. The van der Waals surface area contributed by atoms with E-state index in [1.54, 1.807) is 0 Å². The van der Waals surface area contributed by atoms with Gasteiger partial charge in [0.05, 0.1) is 0 Å². The first-order valence-corrected chi connectivity index (χ1v) is 8.96. The van der Waals surface area contributed by atoms with Crippen LogP contribution in [0.1, 0.15) is 12.8 Å². The predicted octanol–water partition coefficient (Wildman–Crippen LogP) is 5.41. The van der Waals surface area contributed by atoms with Crippen LogP contribution in [0.15, 0.2) is 0 Å². The Labute approximate surface area is 144 Å². The lowest BCUT2D eigenvalue weighted by atomic mass is 9.95. The van der Waals surface area contributed by atoms with Gasteiger partial charge in [-0.25, -0.2) is 0 Å². The first-order valence-electron chi connectivity index (χ1n) is 6.64. The molecule has 0 unspecified atom stereocenters. The second-order valence-corrected chi connectivity index (χ2v) is 8.81. The second kappa shape index (κ2) is 7.24. The van der Waals surface area contributed by atoms with Gasteiger partial charge in [-0.3, -0.25) is 0 Å². The highest BCUT2D eigenvalue weighted by Gasteiger charge is 2.89. The van der Waals surface area contributed by atoms with Crippen LogP contribution in [0, 0.1) is 0 Å². The Morgan fingerprint density at radius 2 is 0.963 bits per heavy atom. The van der Waals surface area contributed by atoms with Crippen LogP contribution < -0.4 is 0 Å². The largest absolute Gasteiger partial charge is 0.418 e. The van der Waals surface area contributed by atoms with Crippen LogP contribution in [-0.2, 0) is 8.85 Å². The van der Waals surface area contributed by atoms with Crippen LogP contribution in [0.25, 0.3) is 0 Å². The van der Waals surface area contributed by atoms with E-state index in [1.165, 1.54) is 0 Å². The van der Waals surface area contributed by atoms with Crippen LogP contribution in [0.2, 0.25) is 6.55 Å². The summed E-state index contributed by atoms with van der Waals surface area (Å²) in [4.78, 5) is 0. The second-order valence-electron chi connectivity index (χ2n) is 5.47. The summed E-state index contributed by atoms with van der Waals surface area (Å²) in [6.45, 7) is 0.0664. The molecule has 0 aromatic rings. The normalized spacial score (nSPS) is 16.0. The van der Waals surface area contributed by atoms with E-state index < -0.39 is 56.8 Å². The fourth-order valence-electron chi connectivity index (χ4n) is 1.70. The molecule has 0 fully saturated rings. The maximum absolute atomic E-state index is 13.9. The van der Waals surface area contributed by atoms with Crippen molar-refractivity contribution in [1.82, 2.24) is 0 Å². The Balaban J connectivity index is 6.19. The number of halogens is 13. The molecule has 0 aromatic heterocycles. The fraction of sp³-hybridized carbons (Fsp3) is 1.00. The van der Waals surface area contributed by atoms with Gasteiger partial charge in [-0.05, 0) is 6.55 Å². The summed E-state index contributed by atoms with van der Waals surface area (Å²) in [5, 5.41) is 0. The van der Waals surface area contributed by atoms with Gasteiger partial charge < -0.3 is 8.85 Å². The van der Waals surface area contributed by atoms with E-state index in [1.807, 2.05) is 0 Å². The minimum Gasteiger partial charge on any atom is -0.394 e. The fourth-order valence-corrected chi connectivity index (χ4v) is 3.11. The molecule has 0 heterocycles. The molecule has 27 heavy (non-hydrogen) atoms. The van der Waals surface area contributed by atoms with Crippen molar-refractivity contribution in [2.75, 3.05) is 14.2 Å². The van der Waals surface area contributed by atoms with Crippen molar-refractivity contribution in [2.24, 2.45) is 0 Å². The van der Waals surface area contributed by atoms with Crippen LogP contribution in [-0.4, -0.2) is 58.2 Å². The first-order chi connectivity index (χ1) is 11.6. The summed E-state index contributed by atoms with van der Waals surface area (Å²) < 4.78 is 179. The molecule has 2 nitrogen and oxygen atoms in total. The summed E-state index contributed by atoms with van der Waals surface area (Å²) in [6, 6.07) is 0. The van der Waals surface area contributed by atoms with Crippen LogP contribution >= 0.6 is 0 Å². The molecule has 0 aromatic carbocycles. The predicted molar refractivity (Wildman–Crippen MR) is 65.7 cm³/mol. The van der Waals surface area contributed by atoms with Crippen molar-refractivity contribution in [3.05, 3.63) is 0 Å². The quantitative estimate of drug-likeness (QED) is 0.344. The molecule has 0 rings (SSSR count). The van der Waals surface area contributed by atoms with Gasteiger partial charge in [0.25, 0.3) is 0 Å². The molecule has 0 radical (unpaired) electrons. The van der Waals surface area contributed by atoms with Crippen LogP contribution in [0.4, 0.5) is 57.1 Å². The Morgan fingerprint density at radius 1 is 0.593 bits per heavy atom. The number of alkyl halides is 13. The van der Waals surface area contributed by atoms with E-state index in [2.05, 4.69) is 8.85 Å². The van der Waals surface area contributed by atoms with Crippen LogP contribution in [0.5, 0.6) is 0 Å². The van der Waals surface area contributed by atoms with E-state index in [0.29, 0.717) is 14.2 Å². The molecule has 164 valence electrons. The zero-order valence-electron chi connectivity index (χ0n) is 13.6. The zero-order valence-corrected chi connectivity index (χ0v) is 14.6. The van der Waals surface area contributed by atoms with E-state index in [0.717, 1.165) is 0 Å². The van der Waals surface area contributed by atoms with Gasteiger partial charge in [0.1, 0.15) is 0 Å². The lowest BCUT2D eigenvalue weighted by molar-refractivity contribution is -0.395. The molecule has 0 aliphatic heterocycles. The highest BCUT2D eigenvalue weighted by molar-refractivity contribution is 6.68. The summed E-state index contributed by atoms with van der Waals surface area (Å²) in [7, 11) is -5.08. The molecule has 16 heteroatoms.